The molecule has 0 bridgehead atoms. The summed E-state index contributed by atoms with van der Waals surface area (Å²) in [6.45, 7) is 0. The monoisotopic (exact) mass is 181 g/mol. The fourth-order valence-electron chi connectivity index (χ4n) is 1.83. The van der Waals surface area contributed by atoms with E-state index >= 15 is 0 Å². The minimum Gasteiger partial charge on any atom is -0.289 e. The van der Waals surface area contributed by atoms with Crippen molar-refractivity contribution < 1.29 is 4.79 Å². The molecule has 0 amide bonds. The third-order valence-corrected chi connectivity index (χ3v) is 2.50. The average Bonchev–Trinajstić information content (AvgIpc) is 2.65. The molecule has 0 saturated carbocycles. The lowest BCUT2D eigenvalue weighted by Crippen LogP contribution is -2.24. The van der Waals surface area contributed by atoms with Gasteiger partial charge in [-0.25, -0.2) is 0 Å². The van der Waals surface area contributed by atoms with Crippen molar-refractivity contribution in [3.63, 3.8) is 0 Å². The number of allylic oxidation sites excluding steroid dienone is 2. The number of carbonyl (C=O) groups excluding carboxylic acids is 1. The van der Waals surface area contributed by atoms with Gasteiger partial charge in [-0.2, -0.15) is 0 Å². The van der Waals surface area contributed by atoms with Gasteiger partial charge in [0.15, 0.2) is 5.78 Å². The third-order valence-electron chi connectivity index (χ3n) is 2.50. The van der Waals surface area contributed by atoms with Crippen molar-refractivity contribution in [2.75, 3.05) is 0 Å². The predicted molar refractivity (Wildman–Crippen MR) is 55.7 cm³/mol. The molecule has 3 rings (SSSR count). The Hall–Kier alpha value is -1.96. The van der Waals surface area contributed by atoms with Crippen LogP contribution in [0.2, 0.25) is 0 Å². The highest BCUT2D eigenvalue weighted by Gasteiger charge is 2.14. The van der Waals surface area contributed by atoms with E-state index in [1.54, 1.807) is 24.6 Å². The lowest BCUT2D eigenvalue weighted by molar-refractivity contribution is 0.104. The van der Waals surface area contributed by atoms with Crippen LogP contribution in [0.4, 0.5) is 0 Å². The summed E-state index contributed by atoms with van der Waals surface area (Å²) in [5.41, 5.74) is 1.73. The van der Waals surface area contributed by atoms with Gasteiger partial charge in [0.25, 0.3) is 0 Å². The first-order valence-corrected chi connectivity index (χ1v) is 4.45. The molecule has 1 aromatic carbocycles. The van der Waals surface area contributed by atoms with Crippen molar-refractivity contribution >= 4 is 24.3 Å². The van der Waals surface area contributed by atoms with Gasteiger partial charge < -0.3 is 0 Å². The minimum absolute atomic E-state index is 0.0705. The van der Waals surface area contributed by atoms with Crippen LogP contribution in [0.25, 0.3) is 12.3 Å². The number of fused-ring (bicyclic) bond motifs is 3. The summed E-state index contributed by atoms with van der Waals surface area (Å²) < 4.78 is 0. The molecule has 2 heteroatoms. The maximum Gasteiger partial charge on any atom is 0.187 e. The second-order valence-electron chi connectivity index (χ2n) is 3.33. The summed E-state index contributed by atoms with van der Waals surface area (Å²) in [5, 5.41) is 2.01. The molecule has 2 aliphatic rings. The van der Waals surface area contributed by atoms with Crippen molar-refractivity contribution in [2.45, 2.75) is 0 Å². The van der Waals surface area contributed by atoms with Crippen molar-refractivity contribution in [2.24, 2.45) is 4.99 Å². The van der Waals surface area contributed by atoms with Crippen LogP contribution < -0.4 is 10.4 Å². The lowest BCUT2D eigenvalue weighted by atomic mass is 9.97. The second kappa shape index (κ2) is 2.51. The Morgan fingerprint density at radius 2 is 2.00 bits per heavy atom. The Balaban J connectivity index is 2.52. The lowest BCUT2D eigenvalue weighted by Gasteiger charge is -2.05. The molecule has 1 aliphatic carbocycles. The molecule has 66 valence electrons. The van der Waals surface area contributed by atoms with Gasteiger partial charge in [-0.05, 0) is 11.3 Å². The number of aliphatic imine (C=N–C) groups is 1. The maximum absolute atomic E-state index is 11.7. The molecule has 0 saturated heterocycles. The molecule has 2 nitrogen and oxygen atoms in total. The zero-order valence-corrected chi connectivity index (χ0v) is 7.40. The Labute approximate surface area is 80.6 Å². The van der Waals surface area contributed by atoms with E-state index in [9.17, 15) is 4.79 Å². The molecular weight excluding hydrogens is 174 g/mol. The zero-order valence-electron chi connectivity index (χ0n) is 7.40. The standard InChI is InChI=1S/C12H7NO/c14-11-3-1-2-8-4-5-9-6-13-7-10(9)12(8)11/h1-7H. The van der Waals surface area contributed by atoms with Gasteiger partial charge in [0, 0.05) is 28.8 Å². The van der Waals surface area contributed by atoms with Gasteiger partial charge in [-0.3, -0.25) is 9.79 Å². The first-order valence-electron chi connectivity index (χ1n) is 4.45. The van der Waals surface area contributed by atoms with E-state index < -0.39 is 0 Å². The largest absolute Gasteiger partial charge is 0.289 e. The SMILES string of the molecule is O=C1C=CC=c2ccc3c(c21)C=NC=3. The molecule has 0 atom stereocenters. The Kier molecular flexibility index (Phi) is 1.34. The summed E-state index contributed by atoms with van der Waals surface area (Å²) in [7, 11) is 0. The molecule has 14 heavy (non-hydrogen) atoms. The summed E-state index contributed by atoms with van der Waals surface area (Å²) in [4.78, 5) is 15.7. The minimum atomic E-state index is 0.0705. The number of carbonyl (C=O) groups is 1. The molecule has 0 unspecified atom stereocenters. The van der Waals surface area contributed by atoms with Gasteiger partial charge in [0.05, 0.1) is 0 Å². The number of hydrogen-bond donors (Lipinski definition) is 0. The summed E-state index contributed by atoms with van der Waals surface area (Å²) >= 11 is 0. The van der Waals surface area contributed by atoms with Crippen LogP contribution in [0.5, 0.6) is 0 Å². The van der Waals surface area contributed by atoms with Crippen LogP contribution in [0.3, 0.4) is 0 Å². The molecule has 1 heterocycles. The van der Waals surface area contributed by atoms with Crippen LogP contribution in [-0.4, -0.2) is 12.0 Å². The van der Waals surface area contributed by atoms with Gasteiger partial charge in [-0.1, -0.05) is 24.3 Å². The van der Waals surface area contributed by atoms with Crippen molar-refractivity contribution in [1.82, 2.24) is 0 Å². The molecular formula is C12H7NO. The Morgan fingerprint density at radius 3 is 2.93 bits per heavy atom. The van der Waals surface area contributed by atoms with Crippen LogP contribution >= 0.6 is 0 Å². The highest BCUT2D eigenvalue weighted by Crippen LogP contribution is 2.05. The molecule has 1 aromatic rings. The molecule has 1 aliphatic heterocycles. The van der Waals surface area contributed by atoms with Gasteiger partial charge >= 0.3 is 0 Å². The Morgan fingerprint density at radius 1 is 1.14 bits per heavy atom. The van der Waals surface area contributed by atoms with Crippen molar-refractivity contribution in [3.05, 3.63) is 45.8 Å². The highest BCUT2D eigenvalue weighted by molar-refractivity contribution is 6.12. The summed E-state index contributed by atoms with van der Waals surface area (Å²) in [6.07, 6.45) is 8.85. The third kappa shape index (κ3) is 0.852. The van der Waals surface area contributed by atoms with E-state index in [0.29, 0.717) is 0 Å². The normalized spacial score (nSPS) is 15.9. The van der Waals surface area contributed by atoms with E-state index in [-0.39, 0.29) is 5.78 Å². The predicted octanol–water partition coefficient (Wildman–Crippen LogP) is 0.390. The Bertz CT molecular complexity index is 606. The van der Waals surface area contributed by atoms with Crippen LogP contribution in [0.15, 0.2) is 29.3 Å². The number of benzene rings is 1. The van der Waals surface area contributed by atoms with Crippen LogP contribution in [0.1, 0.15) is 15.9 Å². The van der Waals surface area contributed by atoms with Gasteiger partial charge in [0.1, 0.15) is 0 Å². The van der Waals surface area contributed by atoms with Crippen molar-refractivity contribution in [3.8, 4) is 0 Å². The number of ketones is 1. The highest BCUT2D eigenvalue weighted by atomic mass is 16.1. The molecule has 0 spiro atoms. The number of nitrogens with zero attached hydrogens (tertiary/aromatic N) is 1. The first-order chi connectivity index (χ1) is 6.86. The number of hydrogen-bond acceptors (Lipinski definition) is 2. The van der Waals surface area contributed by atoms with E-state index in [0.717, 1.165) is 21.6 Å². The molecule has 0 N–H and O–H groups in total. The van der Waals surface area contributed by atoms with Crippen molar-refractivity contribution in [1.29, 1.82) is 0 Å². The average molecular weight is 181 g/mol. The van der Waals surface area contributed by atoms with E-state index in [1.165, 1.54) is 0 Å². The quantitative estimate of drug-likeness (QED) is 0.569. The van der Waals surface area contributed by atoms with E-state index in [1.807, 2.05) is 18.2 Å². The molecule has 0 fully saturated rings. The van der Waals surface area contributed by atoms with E-state index in [4.69, 9.17) is 0 Å². The fraction of sp³-hybridized carbons (Fsp3) is 0. The molecule has 0 aromatic heterocycles. The molecule has 0 radical (unpaired) electrons. The van der Waals surface area contributed by atoms with E-state index in [2.05, 4.69) is 4.99 Å². The van der Waals surface area contributed by atoms with Crippen LogP contribution in [0, 0.1) is 0 Å². The maximum atomic E-state index is 11.7. The van der Waals surface area contributed by atoms with Gasteiger partial charge in [-0.15, -0.1) is 0 Å². The van der Waals surface area contributed by atoms with Gasteiger partial charge in [0.2, 0.25) is 0 Å². The first kappa shape index (κ1) is 7.44. The smallest absolute Gasteiger partial charge is 0.187 e. The second-order valence-corrected chi connectivity index (χ2v) is 3.33. The zero-order chi connectivity index (χ0) is 9.54. The summed E-state index contributed by atoms with van der Waals surface area (Å²) in [6, 6.07) is 3.95. The topological polar surface area (TPSA) is 29.4 Å². The fourth-order valence-corrected chi connectivity index (χ4v) is 1.83. The van der Waals surface area contributed by atoms with Crippen LogP contribution in [-0.2, 0) is 0 Å². The number of rotatable bonds is 0. The summed E-state index contributed by atoms with van der Waals surface area (Å²) in [5.74, 6) is 0.0705.